The molecule has 0 radical (unpaired) electrons. The quantitative estimate of drug-likeness (QED) is 0.831. The van der Waals surface area contributed by atoms with Gasteiger partial charge in [-0.3, -0.25) is 9.59 Å². The zero-order valence-electron chi connectivity index (χ0n) is 16.4. The number of nitrogens with zero attached hydrogens (tertiary/aromatic N) is 1. The number of rotatable bonds is 3. The maximum Gasteiger partial charge on any atom is 0.278 e. The number of nitrogens with one attached hydrogen (secondary N) is 1. The molecular formula is C23H26N2O3. The number of ether oxygens (including phenoxy) is 1. The number of carbonyl (C=O) groups excluding carboxylic acids is 2. The highest BCUT2D eigenvalue weighted by Gasteiger charge is 2.49. The fourth-order valence-corrected chi connectivity index (χ4v) is 4.07. The summed E-state index contributed by atoms with van der Waals surface area (Å²) in [4.78, 5) is 27.6. The molecule has 5 heteroatoms. The lowest BCUT2D eigenvalue weighted by Crippen LogP contribution is -2.60. The molecule has 1 fully saturated rings. The van der Waals surface area contributed by atoms with Crippen molar-refractivity contribution in [3.05, 3.63) is 59.7 Å². The van der Waals surface area contributed by atoms with Crippen LogP contribution in [0.25, 0.3) is 0 Å². The van der Waals surface area contributed by atoms with Crippen LogP contribution in [-0.2, 0) is 16.0 Å². The Morgan fingerprint density at radius 1 is 1.18 bits per heavy atom. The highest BCUT2D eigenvalue weighted by atomic mass is 16.5. The first-order valence-electron chi connectivity index (χ1n) is 9.90. The number of likely N-dealkylation sites (tertiary alicyclic amines) is 1. The van der Waals surface area contributed by atoms with Crippen LogP contribution in [0.4, 0.5) is 5.69 Å². The molecule has 0 bridgehead atoms. The fraction of sp³-hybridized carbons (Fsp3) is 0.391. The smallest absolute Gasteiger partial charge is 0.278 e. The summed E-state index contributed by atoms with van der Waals surface area (Å²) in [6.07, 6.45) is 2.91. The van der Waals surface area contributed by atoms with Crippen LogP contribution in [0.3, 0.4) is 0 Å². The summed E-state index contributed by atoms with van der Waals surface area (Å²) < 4.78 is 5.92. The van der Waals surface area contributed by atoms with Crippen molar-refractivity contribution >= 4 is 17.5 Å². The number of carbonyl (C=O) groups is 2. The second-order valence-corrected chi connectivity index (χ2v) is 8.01. The summed E-state index contributed by atoms with van der Waals surface area (Å²) >= 11 is 0. The van der Waals surface area contributed by atoms with Gasteiger partial charge in [-0.25, -0.2) is 0 Å². The van der Waals surface area contributed by atoms with E-state index in [0.29, 0.717) is 30.4 Å². The molecule has 2 aromatic carbocycles. The van der Waals surface area contributed by atoms with Crippen molar-refractivity contribution in [1.82, 2.24) is 4.90 Å². The Labute approximate surface area is 165 Å². The summed E-state index contributed by atoms with van der Waals surface area (Å²) in [6, 6.07) is 16.0. The van der Waals surface area contributed by atoms with Gasteiger partial charge in [0.1, 0.15) is 5.75 Å². The second-order valence-electron chi connectivity index (χ2n) is 8.01. The number of fused-ring (bicyclic) bond motifs is 1. The van der Waals surface area contributed by atoms with E-state index in [1.165, 1.54) is 5.56 Å². The van der Waals surface area contributed by atoms with E-state index in [9.17, 15) is 9.59 Å². The maximum absolute atomic E-state index is 13.2. The van der Waals surface area contributed by atoms with Crippen molar-refractivity contribution in [2.24, 2.45) is 5.92 Å². The number of amides is 2. The average molecular weight is 378 g/mol. The van der Waals surface area contributed by atoms with Crippen LogP contribution >= 0.6 is 0 Å². The predicted molar refractivity (Wildman–Crippen MR) is 108 cm³/mol. The summed E-state index contributed by atoms with van der Waals surface area (Å²) in [5.74, 6) is 0.445. The monoisotopic (exact) mass is 378 g/mol. The van der Waals surface area contributed by atoms with Gasteiger partial charge in [0.25, 0.3) is 17.4 Å². The molecule has 2 heterocycles. The molecule has 4 rings (SSSR count). The van der Waals surface area contributed by atoms with E-state index in [0.717, 1.165) is 24.8 Å². The van der Waals surface area contributed by atoms with Crippen LogP contribution in [0.15, 0.2) is 48.5 Å². The van der Waals surface area contributed by atoms with Crippen molar-refractivity contribution in [3.63, 3.8) is 0 Å². The zero-order valence-corrected chi connectivity index (χ0v) is 16.4. The van der Waals surface area contributed by atoms with E-state index in [-0.39, 0.29) is 5.91 Å². The van der Waals surface area contributed by atoms with Crippen molar-refractivity contribution in [1.29, 1.82) is 0 Å². The molecule has 5 nitrogen and oxygen atoms in total. The number of piperidine rings is 1. The number of hydrogen-bond donors (Lipinski definition) is 1. The fourth-order valence-electron chi connectivity index (χ4n) is 4.07. The van der Waals surface area contributed by atoms with E-state index in [2.05, 4.69) is 29.6 Å². The number of anilines is 1. The first kappa shape index (κ1) is 18.5. The Balaban J connectivity index is 1.42. The molecule has 146 valence electrons. The summed E-state index contributed by atoms with van der Waals surface area (Å²) in [5, 5.41) is 2.84. The Kier molecular flexibility index (Phi) is 4.84. The van der Waals surface area contributed by atoms with E-state index < -0.39 is 11.5 Å². The van der Waals surface area contributed by atoms with Gasteiger partial charge in [0.15, 0.2) is 0 Å². The van der Waals surface area contributed by atoms with E-state index in [4.69, 9.17) is 4.74 Å². The van der Waals surface area contributed by atoms with Crippen LogP contribution < -0.4 is 10.1 Å². The highest BCUT2D eigenvalue weighted by molar-refractivity contribution is 6.15. The zero-order chi connectivity index (χ0) is 19.7. The third-order valence-corrected chi connectivity index (χ3v) is 5.81. The molecule has 28 heavy (non-hydrogen) atoms. The van der Waals surface area contributed by atoms with Gasteiger partial charge in [-0.1, -0.05) is 36.4 Å². The SMILES string of the molecule is Cc1ccc2c(c1)NC(=O)C(C)(C(=O)N1CCC(Cc3ccccc3)CC1)O2. The minimum absolute atomic E-state index is 0.255. The van der Waals surface area contributed by atoms with Gasteiger partial charge in [0.05, 0.1) is 5.69 Å². The highest BCUT2D eigenvalue weighted by Crippen LogP contribution is 2.35. The number of benzene rings is 2. The summed E-state index contributed by atoms with van der Waals surface area (Å²) in [5.41, 5.74) is 1.46. The first-order valence-corrected chi connectivity index (χ1v) is 9.90. The van der Waals surface area contributed by atoms with Gasteiger partial charge in [0.2, 0.25) is 0 Å². The Hall–Kier alpha value is -2.82. The van der Waals surface area contributed by atoms with E-state index in [1.54, 1.807) is 11.8 Å². The van der Waals surface area contributed by atoms with Crippen LogP contribution in [0, 0.1) is 12.8 Å². The van der Waals surface area contributed by atoms with Crippen molar-refractivity contribution in [2.75, 3.05) is 18.4 Å². The molecule has 1 saturated heterocycles. The molecule has 2 aliphatic rings. The molecule has 0 saturated carbocycles. The third kappa shape index (κ3) is 3.49. The Morgan fingerprint density at radius 2 is 1.89 bits per heavy atom. The standard InChI is InChI=1S/C23H26N2O3/c1-16-8-9-20-19(14-16)24-21(26)23(2,28-20)22(27)25-12-10-18(11-13-25)15-17-6-4-3-5-7-17/h3-9,14,18H,10-13,15H2,1-2H3,(H,24,26). The molecule has 1 N–H and O–H groups in total. The van der Waals surface area contributed by atoms with E-state index in [1.807, 2.05) is 31.2 Å². The Morgan fingerprint density at radius 3 is 2.61 bits per heavy atom. The molecule has 1 atom stereocenters. The van der Waals surface area contributed by atoms with Gasteiger partial charge in [-0.15, -0.1) is 0 Å². The molecular weight excluding hydrogens is 352 g/mol. The van der Waals surface area contributed by atoms with Crippen molar-refractivity contribution < 1.29 is 14.3 Å². The largest absolute Gasteiger partial charge is 0.466 e. The van der Waals surface area contributed by atoms with Crippen molar-refractivity contribution in [2.45, 2.75) is 38.7 Å². The average Bonchev–Trinajstić information content (AvgIpc) is 2.70. The minimum Gasteiger partial charge on any atom is -0.466 e. The molecule has 2 aliphatic heterocycles. The van der Waals surface area contributed by atoms with Gasteiger partial charge in [-0.2, -0.15) is 0 Å². The summed E-state index contributed by atoms with van der Waals surface area (Å²) in [6.45, 7) is 4.83. The van der Waals surface area contributed by atoms with Crippen LogP contribution in [0.5, 0.6) is 5.75 Å². The number of aryl methyl sites for hydroxylation is 1. The Bertz CT molecular complexity index is 888. The topological polar surface area (TPSA) is 58.6 Å². The molecule has 2 amide bonds. The summed E-state index contributed by atoms with van der Waals surface area (Å²) in [7, 11) is 0. The van der Waals surface area contributed by atoms with Crippen LogP contribution in [0.1, 0.15) is 30.9 Å². The van der Waals surface area contributed by atoms with Gasteiger partial charge in [0, 0.05) is 13.1 Å². The second kappa shape index (κ2) is 7.30. The maximum atomic E-state index is 13.2. The first-order chi connectivity index (χ1) is 13.5. The molecule has 2 aromatic rings. The van der Waals surface area contributed by atoms with Gasteiger partial charge < -0.3 is 15.0 Å². The lowest BCUT2D eigenvalue weighted by Gasteiger charge is -2.39. The van der Waals surface area contributed by atoms with E-state index >= 15 is 0 Å². The third-order valence-electron chi connectivity index (χ3n) is 5.81. The number of hydrogen-bond acceptors (Lipinski definition) is 3. The van der Waals surface area contributed by atoms with Crippen LogP contribution in [0.2, 0.25) is 0 Å². The molecule has 0 aromatic heterocycles. The lowest BCUT2D eigenvalue weighted by atomic mass is 9.89. The molecule has 0 spiro atoms. The van der Waals surface area contributed by atoms with Crippen molar-refractivity contribution in [3.8, 4) is 5.75 Å². The normalized spacial score (nSPS) is 22.2. The van der Waals surface area contributed by atoms with Crippen LogP contribution in [-0.4, -0.2) is 35.4 Å². The minimum atomic E-state index is -1.52. The van der Waals surface area contributed by atoms with Gasteiger partial charge in [-0.05, 0) is 62.3 Å². The molecule has 1 unspecified atom stereocenters. The lowest BCUT2D eigenvalue weighted by molar-refractivity contribution is -0.155. The van der Waals surface area contributed by atoms with Gasteiger partial charge >= 0.3 is 0 Å². The predicted octanol–water partition coefficient (Wildman–Crippen LogP) is 3.57. The molecule has 0 aliphatic carbocycles.